The zero-order valence-electron chi connectivity index (χ0n) is 20.3. The Morgan fingerprint density at radius 2 is 1.67 bits per heavy atom. The van der Waals surface area contributed by atoms with E-state index in [9.17, 15) is 30.4 Å². The highest BCUT2D eigenvalue weighted by atomic mass is 32.2. The highest BCUT2D eigenvalue weighted by Gasteiger charge is 2.64. The molecule has 8 nitrogen and oxygen atoms in total. The van der Waals surface area contributed by atoms with Crippen LogP contribution in [0.4, 0.5) is 39.4 Å². The van der Waals surface area contributed by atoms with Gasteiger partial charge in [0.05, 0.1) is 23.2 Å². The van der Waals surface area contributed by atoms with Crippen molar-refractivity contribution in [2.24, 2.45) is 0 Å². The lowest BCUT2D eigenvalue weighted by Crippen LogP contribution is -2.39. The second kappa shape index (κ2) is 9.59. The Morgan fingerprint density at radius 1 is 0.949 bits per heavy atom. The van der Waals surface area contributed by atoms with Gasteiger partial charge >= 0.3 is 6.18 Å². The Balaban J connectivity index is 1.49. The van der Waals surface area contributed by atoms with E-state index in [0.29, 0.717) is 16.8 Å². The van der Waals surface area contributed by atoms with Crippen LogP contribution in [0.2, 0.25) is 0 Å². The standard InChI is InChI=1S/C25H21F5N6O2S/c1-39(37,38)36-20-12-14(2-7-17(20)27)13-31-23-33-19-9-8-18(15-3-5-16(26)6-4-15)32-21(19)22(34-23)35-24(10-11-24)25(28,29)30/h2-9,12,36H,10-11,13H2,1H3,(H2,31,33,34,35). The van der Waals surface area contributed by atoms with E-state index in [-0.39, 0.29) is 47.9 Å². The monoisotopic (exact) mass is 564 g/mol. The summed E-state index contributed by atoms with van der Waals surface area (Å²) < 4.78 is 93.8. The van der Waals surface area contributed by atoms with Gasteiger partial charge in [-0.2, -0.15) is 18.2 Å². The van der Waals surface area contributed by atoms with Crippen LogP contribution < -0.4 is 15.4 Å². The Bertz CT molecular complexity index is 1660. The molecule has 1 saturated carbocycles. The van der Waals surface area contributed by atoms with Crippen LogP contribution in [-0.4, -0.2) is 41.3 Å². The number of rotatable bonds is 8. The number of sulfonamides is 1. The van der Waals surface area contributed by atoms with Crippen LogP contribution in [-0.2, 0) is 16.6 Å². The SMILES string of the molecule is CS(=O)(=O)Nc1cc(CNc2nc(NC3(C(F)(F)F)CC3)c3nc(-c4ccc(F)cc4)ccc3n2)ccc1F. The number of hydrogen-bond donors (Lipinski definition) is 3. The number of nitrogens with one attached hydrogen (secondary N) is 3. The fourth-order valence-electron chi connectivity index (χ4n) is 3.93. The van der Waals surface area contributed by atoms with Crippen LogP contribution in [0.3, 0.4) is 0 Å². The summed E-state index contributed by atoms with van der Waals surface area (Å²) in [5, 5.41) is 5.40. The number of halogens is 5. The van der Waals surface area contributed by atoms with Crippen LogP contribution in [0, 0.1) is 11.6 Å². The summed E-state index contributed by atoms with van der Waals surface area (Å²) >= 11 is 0. The van der Waals surface area contributed by atoms with Crippen molar-refractivity contribution < 1.29 is 30.4 Å². The van der Waals surface area contributed by atoms with E-state index >= 15 is 0 Å². The van der Waals surface area contributed by atoms with Crippen molar-refractivity contribution in [2.45, 2.75) is 31.1 Å². The van der Waals surface area contributed by atoms with Gasteiger partial charge in [-0.1, -0.05) is 6.07 Å². The molecule has 5 rings (SSSR count). The minimum absolute atomic E-state index is 0.00910. The number of hydrogen-bond acceptors (Lipinski definition) is 7. The van der Waals surface area contributed by atoms with Gasteiger partial charge in [0.25, 0.3) is 0 Å². The van der Waals surface area contributed by atoms with Crippen molar-refractivity contribution in [1.82, 2.24) is 15.0 Å². The lowest BCUT2D eigenvalue weighted by atomic mass is 10.1. The molecule has 0 saturated heterocycles. The minimum atomic E-state index is -4.52. The quantitative estimate of drug-likeness (QED) is 0.244. The van der Waals surface area contributed by atoms with Gasteiger partial charge < -0.3 is 10.6 Å². The Labute approximate surface area is 219 Å². The summed E-state index contributed by atoms with van der Waals surface area (Å²) in [6.45, 7) is 0.00910. The molecule has 2 aromatic carbocycles. The van der Waals surface area contributed by atoms with Crippen molar-refractivity contribution in [1.29, 1.82) is 0 Å². The zero-order chi connectivity index (χ0) is 28.0. The fourth-order valence-corrected chi connectivity index (χ4v) is 4.49. The van der Waals surface area contributed by atoms with E-state index in [4.69, 9.17) is 0 Å². The molecule has 0 aliphatic heterocycles. The molecule has 0 unspecified atom stereocenters. The molecule has 0 amide bonds. The van der Waals surface area contributed by atoms with Crippen molar-refractivity contribution in [3.8, 4) is 11.3 Å². The predicted molar refractivity (Wildman–Crippen MR) is 137 cm³/mol. The molecular formula is C25H21F5N6O2S. The van der Waals surface area contributed by atoms with E-state index in [1.165, 1.54) is 36.4 Å². The van der Waals surface area contributed by atoms with Gasteiger partial charge in [0.2, 0.25) is 16.0 Å². The number of nitrogens with zero attached hydrogens (tertiary/aromatic N) is 3. The normalized spacial score (nSPS) is 14.7. The second-order valence-corrected chi connectivity index (χ2v) is 11.0. The van der Waals surface area contributed by atoms with Gasteiger partial charge in [0.15, 0.2) is 5.82 Å². The summed E-state index contributed by atoms with van der Waals surface area (Å²) in [7, 11) is -3.72. The topological polar surface area (TPSA) is 109 Å². The first-order chi connectivity index (χ1) is 18.3. The Hall–Kier alpha value is -4.07. The van der Waals surface area contributed by atoms with Crippen LogP contribution in [0.1, 0.15) is 18.4 Å². The summed E-state index contributed by atoms with van der Waals surface area (Å²) in [5.74, 6) is -1.38. The molecule has 0 bridgehead atoms. The number of aromatic nitrogens is 3. The predicted octanol–water partition coefficient (Wildman–Crippen LogP) is 5.46. The van der Waals surface area contributed by atoms with Gasteiger partial charge in [-0.3, -0.25) is 4.72 Å². The van der Waals surface area contributed by atoms with Crippen molar-refractivity contribution in [2.75, 3.05) is 21.6 Å². The molecule has 0 atom stereocenters. The third-order valence-electron chi connectivity index (χ3n) is 6.11. The van der Waals surface area contributed by atoms with E-state index < -0.39 is 33.4 Å². The Kier molecular flexibility index (Phi) is 6.53. The van der Waals surface area contributed by atoms with Gasteiger partial charge in [-0.15, -0.1) is 0 Å². The molecule has 2 aromatic heterocycles. The van der Waals surface area contributed by atoms with Gasteiger partial charge in [0, 0.05) is 12.1 Å². The summed E-state index contributed by atoms with van der Waals surface area (Å²) in [4.78, 5) is 13.1. The van der Waals surface area contributed by atoms with Crippen LogP contribution in [0.15, 0.2) is 54.6 Å². The average Bonchev–Trinajstić information content (AvgIpc) is 3.65. The highest BCUT2D eigenvalue weighted by molar-refractivity contribution is 7.92. The first-order valence-corrected chi connectivity index (χ1v) is 13.5. The largest absolute Gasteiger partial charge is 0.411 e. The van der Waals surface area contributed by atoms with Crippen molar-refractivity contribution >= 4 is 38.5 Å². The molecule has 0 radical (unpaired) electrons. The highest BCUT2D eigenvalue weighted by Crippen LogP contribution is 2.51. The Morgan fingerprint density at radius 3 is 2.31 bits per heavy atom. The number of pyridine rings is 1. The van der Waals surface area contributed by atoms with E-state index in [2.05, 4.69) is 30.3 Å². The molecule has 1 aliphatic rings. The molecule has 2 heterocycles. The summed E-state index contributed by atoms with van der Waals surface area (Å²) in [5.41, 5.74) is -0.641. The van der Waals surface area contributed by atoms with Gasteiger partial charge in [0.1, 0.15) is 22.7 Å². The maximum absolute atomic E-state index is 14.0. The molecule has 0 spiro atoms. The van der Waals surface area contributed by atoms with E-state index in [1.807, 2.05) is 0 Å². The third-order valence-corrected chi connectivity index (χ3v) is 6.70. The lowest BCUT2D eigenvalue weighted by Gasteiger charge is -2.22. The smallest absolute Gasteiger partial charge is 0.354 e. The van der Waals surface area contributed by atoms with Crippen LogP contribution in [0.25, 0.3) is 22.3 Å². The van der Waals surface area contributed by atoms with E-state index in [1.54, 1.807) is 12.1 Å². The average molecular weight is 565 g/mol. The van der Waals surface area contributed by atoms with Gasteiger partial charge in [-0.05, 0) is 66.9 Å². The first kappa shape index (κ1) is 26.5. The minimum Gasteiger partial charge on any atom is -0.354 e. The summed E-state index contributed by atoms with van der Waals surface area (Å²) in [6.07, 6.45) is -3.90. The number of benzene rings is 2. The molecule has 39 heavy (non-hydrogen) atoms. The second-order valence-electron chi connectivity index (χ2n) is 9.21. The maximum atomic E-state index is 14.0. The first-order valence-electron chi connectivity index (χ1n) is 11.6. The fraction of sp³-hybridized carbons (Fsp3) is 0.240. The maximum Gasteiger partial charge on any atom is 0.411 e. The van der Waals surface area contributed by atoms with Crippen LogP contribution in [0.5, 0.6) is 0 Å². The number of fused-ring (bicyclic) bond motifs is 1. The molecule has 14 heteroatoms. The van der Waals surface area contributed by atoms with Crippen LogP contribution >= 0.6 is 0 Å². The van der Waals surface area contributed by atoms with Crippen molar-refractivity contribution in [3.63, 3.8) is 0 Å². The van der Waals surface area contributed by atoms with Crippen molar-refractivity contribution in [3.05, 3.63) is 71.8 Å². The molecule has 3 N–H and O–H groups in total. The molecule has 204 valence electrons. The van der Waals surface area contributed by atoms with E-state index in [0.717, 1.165) is 12.3 Å². The zero-order valence-corrected chi connectivity index (χ0v) is 21.1. The third kappa shape index (κ3) is 5.85. The number of anilines is 3. The molecule has 1 fully saturated rings. The molecule has 4 aromatic rings. The molecule has 1 aliphatic carbocycles. The van der Waals surface area contributed by atoms with Gasteiger partial charge in [-0.25, -0.2) is 27.2 Å². The lowest BCUT2D eigenvalue weighted by molar-refractivity contribution is -0.151. The number of alkyl halides is 3. The molecular weight excluding hydrogens is 543 g/mol. The summed E-state index contributed by atoms with van der Waals surface area (Å²) in [6, 6.07) is 12.5.